The van der Waals surface area contributed by atoms with Crippen molar-refractivity contribution in [3.63, 3.8) is 0 Å². The maximum Gasteiger partial charge on any atom is 0.124 e. The van der Waals surface area contributed by atoms with Crippen molar-refractivity contribution in [2.24, 2.45) is 0 Å². The molecule has 1 unspecified atom stereocenters. The van der Waals surface area contributed by atoms with Gasteiger partial charge in [0.2, 0.25) is 0 Å². The molecule has 0 aliphatic rings. The van der Waals surface area contributed by atoms with E-state index in [0.717, 1.165) is 21.9 Å². The zero-order valence-electron chi connectivity index (χ0n) is 16.1. The summed E-state index contributed by atoms with van der Waals surface area (Å²) in [6.07, 6.45) is 2.41. The van der Waals surface area contributed by atoms with E-state index in [0.29, 0.717) is 30.2 Å². The van der Waals surface area contributed by atoms with Gasteiger partial charge in [0.1, 0.15) is 12.8 Å². The maximum absolute atomic E-state index is 11.0. The van der Waals surface area contributed by atoms with Gasteiger partial charge in [0.15, 0.2) is 0 Å². The molecule has 0 radical (unpaired) electrons. The van der Waals surface area contributed by atoms with Gasteiger partial charge < -0.3 is 14.4 Å². The molecule has 4 aromatic rings. The Balaban J connectivity index is 1.80. The molecule has 0 amide bonds. The number of hydrogen-bond acceptors (Lipinski definition) is 4. The molecule has 1 N–H and O–H groups in total. The predicted octanol–water partition coefficient (Wildman–Crippen LogP) is 4.65. The van der Waals surface area contributed by atoms with Crippen molar-refractivity contribution < 1.29 is 9.84 Å². The molecular weight excluding hydrogens is 362 g/mol. The fourth-order valence-electron chi connectivity index (χ4n) is 3.54. The van der Waals surface area contributed by atoms with Gasteiger partial charge in [-0.25, -0.2) is 4.98 Å². The minimum absolute atomic E-state index is 0.329. The van der Waals surface area contributed by atoms with Crippen molar-refractivity contribution in [1.29, 1.82) is 5.26 Å². The molecule has 0 aliphatic heterocycles. The second kappa shape index (κ2) is 8.27. The average molecular weight is 383 g/mol. The van der Waals surface area contributed by atoms with Crippen LogP contribution in [0, 0.1) is 11.3 Å². The van der Waals surface area contributed by atoms with Gasteiger partial charge in [-0.1, -0.05) is 48.5 Å². The van der Waals surface area contributed by atoms with Crippen LogP contribution < -0.4 is 0 Å². The molecule has 0 fully saturated rings. The Labute approximate surface area is 169 Å². The summed E-state index contributed by atoms with van der Waals surface area (Å²) < 4.78 is 7.23. The van der Waals surface area contributed by atoms with Gasteiger partial charge in [-0.15, -0.1) is 0 Å². The molecule has 0 spiro atoms. The molecule has 3 aromatic carbocycles. The molecule has 4 rings (SSSR count). The number of nitrogens with zero attached hydrogens (tertiary/aromatic N) is 3. The molecule has 1 heterocycles. The minimum Gasteiger partial charge on any atom is -0.382 e. The zero-order valence-corrected chi connectivity index (χ0v) is 16.1. The Morgan fingerprint density at radius 2 is 1.93 bits per heavy atom. The van der Waals surface area contributed by atoms with Crippen LogP contribution in [0.4, 0.5) is 0 Å². The number of aliphatic hydroxyl groups excluding tert-OH is 1. The van der Waals surface area contributed by atoms with Crippen LogP contribution >= 0.6 is 0 Å². The number of aliphatic hydroxyl groups is 1. The number of imidazole rings is 1. The Kier molecular flexibility index (Phi) is 5.39. The third-order valence-electron chi connectivity index (χ3n) is 5.02. The Morgan fingerprint density at radius 1 is 1.10 bits per heavy atom. The molecular formula is C24H21N3O2. The average Bonchev–Trinajstić information content (AvgIpc) is 3.25. The molecule has 29 heavy (non-hydrogen) atoms. The van der Waals surface area contributed by atoms with Crippen LogP contribution in [0.2, 0.25) is 0 Å². The highest BCUT2D eigenvalue weighted by Crippen LogP contribution is 2.34. The summed E-state index contributed by atoms with van der Waals surface area (Å²) >= 11 is 0. The van der Waals surface area contributed by atoms with Gasteiger partial charge in [0.05, 0.1) is 29.9 Å². The summed E-state index contributed by atoms with van der Waals surface area (Å²) in [6, 6.07) is 21.9. The fourth-order valence-corrected chi connectivity index (χ4v) is 3.54. The van der Waals surface area contributed by atoms with E-state index in [1.807, 2.05) is 43.3 Å². The number of ether oxygens (including phenoxy) is 1. The van der Waals surface area contributed by atoms with Gasteiger partial charge >= 0.3 is 0 Å². The van der Waals surface area contributed by atoms with Crippen molar-refractivity contribution in [3.8, 4) is 17.2 Å². The lowest BCUT2D eigenvalue weighted by molar-refractivity contribution is 0.0801. The molecule has 144 valence electrons. The van der Waals surface area contributed by atoms with Crippen molar-refractivity contribution in [2.45, 2.75) is 19.8 Å². The summed E-state index contributed by atoms with van der Waals surface area (Å²) in [6.45, 7) is 2.83. The Morgan fingerprint density at radius 3 is 2.76 bits per heavy atom. The van der Waals surface area contributed by atoms with Crippen LogP contribution in [0.25, 0.3) is 21.9 Å². The van der Waals surface area contributed by atoms with Crippen molar-refractivity contribution in [1.82, 2.24) is 9.55 Å². The summed E-state index contributed by atoms with van der Waals surface area (Å²) in [5.74, 6) is 0. The first-order chi connectivity index (χ1) is 14.2. The summed E-state index contributed by atoms with van der Waals surface area (Å²) in [4.78, 5) is 4.15. The Bertz CT molecular complexity index is 1180. The van der Waals surface area contributed by atoms with Gasteiger partial charge in [-0.3, -0.25) is 0 Å². The number of hydrogen-bond donors (Lipinski definition) is 1. The first-order valence-corrected chi connectivity index (χ1v) is 9.51. The first-order valence-electron chi connectivity index (χ1n) is 9.51. The van der Waals surface area contributed by atoms with E-state index in [9.17, 15) is 10.4 Å². The van der Waals surface area contributed by atoms with E-state index in [4.69, 9.17) is 4.74 Å². The van der Waals surface area contributed by atoms with Gasteiger partial charge in [0, 0.05) is 12.2 Å². The van der Waals surface area contributed by atoms with Crippen LogP contribution in [0.3, 0.4) is 0 Å². The van der Waals surface area contributed by atoms with E-state index in [1.165, 1.54) is 0 Å². The third-order valence-corrected chi connectivity index (χ3v) is 5.02. The van der Waals surface area contributed by atoms with E-state index in [1.54, 1.807) is 29.2 Å². The monoisotopic (exact) mass is 383 g/mol. The van der Waals surface area contributed by atoms with Crippen LogP contribution in [0.5, 0.6) is 0 Å². The zero-order chi connectivity index (χ0) is 20.2. The van der Waals surface area contributed by atoms with E-state index in [-0.39, 0.29) is 0 Å². The second-order valence-electron chi connectivity index (χ2n) is 6.76. The lowest BCUT2D eigenvalue weighted by atomic mass is 9.92. The van der Waals surface area contributed by atoms with Crippen LogP contribution in [0.1, 0.15) is 29.8 Å². The topological polar surface area (TPSA) is 71.1 Å². The predicted molar refractivity (Wildman–Crippen MR) is 112 cm³/mol. The Hall–Kier alpha value is -3.46. The summed E-state index contributed by atoms with van der Waals surface area (Å²) in [5, 5.41) is 22.8. The maximum atomic E-state index is 11.0. The minimum atomic E-state index is -0.876. The molecule has 0 aliphatic carbocycles. The fraction of sp³-hybridized carbons (Fsp3) is 0.167. The number of rotatable bonds is 6. The smallest absolute Gasteiger partial charge is 0.124 e. The molecule has 1 aromatic heterocycles. The highest BCUT2D eigenvalue weighted by atomic mass is 16.5. The second-order valence-corrected chi connectivity index (χ2v) is 6.76. The third kappa shape index (κ3) is 3.64. The van der Waals surface area contributed by atoms with E-state index in [2.05, 4.69) is 23.2 Å². The number of fused-ring (bicyclic) bond motifs is 1. The quantitative estimate of drug-likeness (QED) is 0.526. The summed E-state index contributed by atoms with van der Waals surface area (Å²) in [5.41, 5.74) is 3.69. The van der Waals surface area contributed by atoms with Gasteiger partial charge in [-0.2, -0.15) is 5.26 Å². The van der Waals surface area contributed by atoms with Gasteiger partial charge in [-0.05, 0) is 41.0 Å². The molecule has 5 nitrogen and oxygen atoms in total. The number of benzene rings is 3. The standard InChI is InChI=1S/C24H21N3O2/c1-2-29-16-27-15-26-14-23(27)24(28)18-10-11-19(13-25)22(12-18)21-9-5-7-17-6-3-4-8-20(17)21/h3-12,14-15,24,28H,2,16H2,1H3. The summed E-state index contributed by atoms with van der Waals surface area (Å²) in [7, 11) is 0. The number of nitriles is 1. The lowest BCUT2D eigenvalue weighted by Gasteiger charge is -2.16. The molecule has 0 bridgehead atoms. The highest BCUT2D eigenvalue weighted by Gasteiger charge is 2.18. The van der Waals surface area contributed by atoms with Crippen LogP contribution in [-0.4, -0.2) is 21.3 Å². The lowest BCUT2D eigenvalue weighted by Crippen LogP contribution is -2.10. The van der Waals surface area contributed by atoms with E-state index >= 15 is 0 Å². The molecule has 1 atom stereocenters. The van der Waals surface area contributed by atoms with Crippen molar-refractivity contribution in [2.75, 3.05) is 6.61 Å². The first kappa shape index (κ1) is 18.9. The van der Waals surface area contributed by atoms with Crippen LogP contribution in [0.15, 0.2) is 73.2 Å². The molecule has 0 saturated heterocycles. The molecule has 5 heteroatoms. The van der Waals surface area contributed by atoms with Crippen molar-refractivity contribution >= 4 is 10.8 Å². The van der Waals surface area contributed by atoms with Crippen LogP contribution in [-0.2, 0) is 11.5 Å². The SMILES string of the molecule is CCOCn1cncc1C(O)c1ccc(C#N)c(-c2cccc3ccccc23)c1. The molecule has 0 saturated carbocycles. The normalized spacial score (nSPS) is 12.0. The largest absolute Gasteiger partial charge is 0.382 e. The van der Waals surface area contributed by atoms with Gasteiger partial charge in [0.25, 0.3) is 0 Å². The van der Waals surface area contributed by atoms with E-state index < -0.39 is 6.10 Å². The highest BCUT2D eigenvalue weighted by molar-refractivity contribution is 5.97. The van der Waals surface area contributed by atoms with Crippen molar-refractivity contribution in [3.05, 3.63) is 90.0 Å². The number of aromatic nitrogens is 2.